The largest absolute Gasteiger partial charge is 0.278 e. The topological polar surface area (TPSA) is 72.0 Å². The fraction of sp³-hybridized carbons (Fsp3) is 0. The summed E-state index contributed by atoms with van der Waals surface area (Å²) in [5.41, 5.74) is 0.345. The lowest BCUT2D eigenvalue weighted by atomic mass is 10.4. The molecule has 0 aromatic carbocycles. The quantitative estimate of drug-likeness (QED) is 0.866. The Morgan fingerprint density at radius 1 is 1.22 bits per heavy atom. The molecule has 0 fully saturated rings. The van der Waals surface area contributed by atoms with Gasteiger partial charge >= 0.3 is 0 Å². The highest BCUT2D eigenvalue weighted by Crippen LogP contribution is 2.21. The Hall–Kier alpha value is -1.18. The summed E-state index contributed by atoms with van der Waals surface area (Å²) in [7, 11) is -3.76. The van der Waals surface area contributed by atoms with E-state index in [1.165, 1.54) is 24.5 Å². The average molecular weight is 349 g/mol. The van der Waals surface area contributed by atoms with Gasteiger partial charge in [-0.05, 0) is 40.2 Å². The van der Waals surface area contributed by atoms with E-state index in [2.05, 4.69) is 30.6 Å². The highest BCUT2D eigenvalue weighted by atomic mass is 79.9. The molecular formula is C10H7BrClN3O2S. The summed E-state index contributed by atoms with van der Waals surface area (Å²) in [4.78, 5) is 7.57. The first-order chi connectivity index (χ1) is 8.49. The van der Waals surface area contributed by atoms with Gasteiger partial charge in [-0.15, -0.1) is 0 Å². The molecule has 1 N–H and O–H groups in total. The van der Waals surface area contributed by atoms with E-state index in [4.69, 9.17) is 11.6 Å². The summed E-state index contributed by atoms with van der Waals surface area (Å²) >= 11 is 8.91. The molecule has 8 heteroatoms. The minimum absolute atomic E-state index is 0.0740. The molecule has 94 valence electrons. The van der Waals surface area contributed by atoms with Gasteiger partial charge in [-0.25, -0.2) is 18.4 Å². The lowest BCUT2D eigenvalue weighted by Gasteiger charge is -2.08. The SMILES string of the molecule is O=S(=O)(Nc1ccc(Br)nc1)c1cccnc1Cl. The third-order valence-electron chi connectivity index (χ3n) is 1.99. The molecule has 2 aromatic rings. The average Bonchev–Trinajstić information content (AvgIpc) is 2.32. The predicted octanol–water partition coefficient (Wildman–Crippen LogP) is 2.69. The van der Waals surface area contributed by atoms with Gasteiger partial charge < -0.3 is 0 Å². The van der Waals surface area contributed by atoms with E-state index in [9.17, 15) is 8.42 Å². The number of anilines is 1. The molecule has 18 heavy (non-hydrogen) atoms. The van der Waals surface area contributed by atoms with E-state index in [0.29, 0.717) is 10.3 Å². The summed E-state index contributed by atoms with van der Waals surface area (Å²) in [5, 5.41) is -0.0740. The molecule has 2 aromatic heterocycles. The van der Waals surface area contributed by atoms with Gasteiger partial charge in [-0.1, -0.05) is 11.6 Å². The zero-order valence-electron chi connectivity index (χ0n) is 8.84. The zero-order chi connectivity index (χ0) is 13.2. The van der Waals surface area contributed by atoms with E-state index in [1.54, 1.807) is 12.1 Å². The number of rotatable bonds is 3. The van der Waals surface area contributed by atoms with Crippen LogP contribution in [0.25, 0.3) is 0 Å². The van der Waals surface area contributed by atoms with Crippen LogP contribution in [0.4, 0.5) is 5.69 Å². The van der Waals surface area contributed by atoms with Crippen molar-refractivity contribution >= 4 is 43.2 Å². The second-order valence-corrected chi connectivity index (χ2v) is 6.09. The van der Waals surface area contributed by atoms with Gasteiger partial charge in [0.25, 0.3) is 10.0 Å². The Bertz CT molecular complexity index is 661. The normalized spacial score (nSPS) is 11.2. The van der Waals surface area contributed by atoms with Crippen LogP contribution in [0.1, 0.15) is 0 Å². The smallest absolute Gasteiger partial charge is 0.265 e. The van der Waals surface area contributed by atoms with Gasteiger partial charge in [-0.3, -0.25) is 4.72 Å². The second-order valence-electron chi connectivity index (χ2n) is 3.27. The number of hydrogen-bond donors (Lipinski definition) is 1. The number of sulfonamides is 1. The minimum atomic E-state index is -3.76. The fourth-order valence-corrected chi connectivity index (χ4v) is 2.95. The molecule has 0 radical (unpaired) electrons. The molecule has 0 spiro atoms. The predicted molar refractivity (Wildman–Crippen MR) is 72.0 cm³/mol. The van der Waals surface area contributed by atoms with Crippen LogP contribution in [0, 0.1) is 0 Å². The molecule has 0 bridgehead atoms. The number of aromatic nitrogens is 2. The van der Waals surface area contributed by atoms with Crippen LogP contribution in [0.2, 0.25) is 5.15 Å². The van der Waals surface area contributed by atoms with Crippen LogP contribution in [-0.4, -0.2) is 18.4 Å². The molecule has 2 rings (SSSR count). The Balaban J connectivity index is 2.33. The van der Waals surface area contributed by atoms with Gasteiger partial charge in [-0.2, -0.15) is 0 Å². The molecule has 0 aliphatic carbocycles. The fourth-order valence-electron chi connectivity index (χ4n) is 1.22. The summed E-state index contributed by atoms with van der Waals surface area (Å²) in [6.07, 6.45) is 2.81. The van der Waals surface area contributed by atoms with Gasteiger partial charge in [0, 0.05) is 6.20 Å². The van der Waals surface area contributed by atoms with Crippen molar-refractivity contribution in [1.29, 1.82) is 0 Å². The van der Waals surface area contributed by atoms with E-state index < -0.39 is 10.0 Å². The van der Waals surface area contributed by atoms with Crippen molar-refractivity contribution in [2.45, 2.75) is 4.90 Å². The van der Waals surface area contributed by atoms with E-state index in [-0.39, 0.29) is 10.0 Å². The van der Waals surface area contributed by atoms with E-state index in [0.717, 1.165) is 0 Å². The number of halogens is 2. The highest BCUT2D eigenvalue weighted by Gasteiger charge is 2.18. The van der Waals surface area contributed by atoms with Crippen LogP contribution in [-0.2, 0) is 10.0 Å². The number of nitrogens with zero attached hydrogens (tertiary/aromatic N) is 2. The maximum absolute atomic E-state index is 12.0. The minimum Gasteiger partial charge on any atom is -0.278 e. The van der Waals surface area contributed by atoms with E-state index >= 15 is 0 Å². The summed E-state index contributed by atoms with van der Waals surface area (Å²) in [6.45, 7) is 0. The molecule has 2 heterocycles. The Labute approximate surface area is 117 Å². The summed E-state index contributed by atoms with van der Waals surface area (Å²) in [5.74, 6) is 0. The molecule has 0 saturated heterocycles. The monoisotopic (exact) mass is 347 g/mol. The van der Waals surface area contributed by atoms with Crippen molar-refractivity contribution in [2.75, 3.05) is 4.72 Å². The third-order valence-corrected chi connectivity index (χ3v) is 4.29. The highest BCUT2D eigenvalue weighted by molar-refractivity contribution is 9.10. The van der Waals surface area contributed by atoms with Crippen LogP contribution >= 0.6 is 27.5 Å². The maximum atomic E-state index is 12.0. The first-order valence-electron chi connectivity index (χ1n) is 4.74. The van der Waals surface area contributed by atoms with Crippen molar-refractivity contribution < 1.29 is 8.42 Å². The van der Waals surface area contributed by atoms with Crippen molar-refractivity contribution in [3.05, 3.63) is 46.4 Å². The summed E-state index contributed by atoms with van der Waals surface area (Å²) in [6, 6.07) is 6.09. The van der Waals surface area contributed by atoms with Crippen molar-refractivity contribution in [1.82, 2.24) is 9.97 Å². The molecule has 5 nitrogen and oxygen atoms in total. The molecule has 0 aliphatic rings. The zero-order valence-corrected chi connectivity index (χ0v) is 12.0. The van der Waals surface area contributed by atoms with Crippen LogP contribution in [0.15, 0.2) is 46.2 Å². The lowest BCUT2D eigenvalue weighted by Crippen LogP contribution is -2.13. The standard InChI is InChI=1S/C10H7BrClN3O2S/c11-9-4-3-7(6-14-9)15-18(16,17)8-2-1-5-13-10(8)12/h1-6,15H. The van der Waals surface area contributed by atoms with E-state index in [1.807, 2.05) is 0 Å². The van der Waals surface area contributed by atoms with Crippen LogP contribution in [0.5, 0.6) is 0 Å². The van der Waals surface area contributed by atoms with Crippen LogP contribution < -0.4 is 4.72 Å². The number of nitrogens with one attached hydrogen (secondary N) is 1. The first-order valence-corrected chi connectivity index (χ1v) is 7.39. The molecule has 0 unspecified atom stereocenters. The van der Waals surface area contributed by atoms with Crippen molar-refractivity contribution in [3.8, 4) is 0 Å². The Morgan fingerprint density at radius 2 is 2.00 bits per heavy atom. The molecule has 0 atom stereocenters. The molecular weight excluding hydrogens is 342 g/mol. The third kappa shape index (κ3) is 2.98. The van der Waals surface area contributed by atoms with Gasteiger partial charge in [0.05, 0.1) is 11.9 Å². The molecule has 0 amide bonds. The van der Waals surface area contributed by atoms with Crippen molar-refractivity contribution in [2.24, 2.45) is 0 Å². The summed E-state index contributed by atoms with van der Waals surface area (Å²) < 4.78 is 27.0. The Morgan fingerprint density at radius 3 is 2.61 bits per heavy atom. The molecule has 0 aliphatic heterocycles. The molecule has 0 saturated carbocycles. The maximum Gasteiger partial charge on any atom is 0.265 e. The second kappa shape index (κ2) is 5.21. The van der Waals surface area contributed by atoms with Gasteiger partial charge in [0.1, 0.15) is 14.7 Å². The van der Waals surface area contributed by atoms with Crippen LogP contribution in [0.3, 0.4) is 0 Å². The number of pyridine rings is 2. The lowest BCUT2D eigenvalue weighted by molar-refractivity contribution is 0.601. The first kappa shape index (κ1) is 13.3. The van der Waals surface area contributed by atoms with Gasteiger partial charge in [0.2, 0.25) is 0 Å². The number of hydrogen-bond acceptors (Lipinski definition) is 4. The van der Waals surface area contributed by atoms with Crippen molar-refractivity contribution in [3.63, 3.8) is 0 Å². The van der Waals surface area contributed by atoms with Gasteiger partial charge in [0.15, 0.2) is 0 Å². The Kier molecular flexibility index (Phi) is 3.84.